The number of carbonyl (C=O) groups is 1. The number of hydrogen-bond donors (Lipinski definition) is 0. The quantitative estimate of drug-likeness (QED) is 0.848. The lowest BCUT2D eigenvalue weighted by molar-refractivity contribution is -0.145. The molecule has 2 unspecified atom stereocenters. The highest BCUT2D eigenvalue weighted by Crippen LogP contribution is 2.29. The highest BCUT2D eigenvalue weighted by molar-refractivity contribution is 5.78. The molecular weight excluding hydrogens is 250 g/mol. The summed E-state index contributed by atoms with van der Waals surface area (Å²) in [6.07, 6.45) is 0.533. The van der Waals surface area contributed by atoms with Crippen molar-refractivity contribution >= 4 is 5.91 Å². The summed E-state index contributed by atoms with van der Waals surface area (Å²) in [6.45, 7) is 9.67. The first-order valence-electron chi connectivity index (χ1n) is 7.36. The summed E-state index contributed by atoms with van der Waals surface area (Å²) in [6, 6.07) is 10.6. The fraction of sp³-hybridized carbons (Fsp3) is 0.588. The number of hydrogen-bond acceptors (Lipinski definition) is 2. The van der Waals surface area contributed by atoms with E-state index in [9.17, 15) is 4.79 Å². The van der Waals surface area contributed by atoms with Crippen LogP contribution in [0, 0.1) is 0 Å². The minimum atomic E-state index is -0.143. The zero-order valence-corrected chi connectivity index (χ0v) is 12.9. The van der Waals surface area contributed by atoms with Crippen LogP contribution in [0.15, 0.2) is 30.3 Å². The molecule has 0 saturated carbocycles. The van der Waals surface area contributed by atoms with E-state index in [1.165, 1.54) is 5.56 Å². The molecule has 20 heavy (non-hydrogen) atoms. The molecule has 1 aromatic carbocycles. The Hall–Kier alpha value is -1.35. The summed E-state index contributed by atoms with van der Waals surface area (Å²) in [7, 11) is 0. The second-order valence-electron chi connectivity index (χ2n) is 6.46. The molecule has 1 amide bonds. The molecule has 1 aromatic rings. The lowest BCUT2D eigenvalue weighted by Crippen LogP contribution is -2.53. The Labute approximate surface area is 121 Å². The molecule has 110 valence electrons. The Bertz CT molecular complexity index is 445. The SMILES string of the molecule is CC1COCC(C)N1C(=O)CC(C)(C)c1ccccc1. The normalized spacial score (nSPS) is 23.7. The summed E-state index contributed by atoms with van der Waals surface area (Å²) in [4.78, 5) is 14.7. The van der Waals surface area contributed by atoms with Gasteiger partial charge in [0.1, 0.15) is 0 Å². The van der Waals surface area contributed by atoms with E-state index in [1.807, 2.05) is 23.1 Å². The fourth-order valence-electron chi connectivity index (χ4n) is 2.96. The van der Waals surface area contributed by atoms with Crippen LogP contribution in [-0.4, -0.2) is 36.1 Å². The summed E-state index contributed by atoms with van der Waals surface area (Å²) in [5.74, 6) is 0.224. The second kappa shape index (κ2) is 5.96. The largest absolute Gasteiger partial charge is 0.377 e. The molecule has 1 fully saturated rings. The Morgan fingerprint density at radius 3 is 2.30 bits per heavy atom. The molecule has 0 bridgehead atoms. The van der Waals surface area contributed by atoms with Crippen molar-refractivity contribution in [2.75, 3.05) is 13.2 Å². The van der Waals surface area contributed by atoms with Crippen molar-refractivity contribution in [3.63, 3.8) is 0 Å². The molecular formula is C17H25NO2. The van der Waals surface area contributed by atoms with Gasteiger partial charge in [-0.2, -0.15) is 0 Å². The maximum atomic E-state index is 12.7. The molecule has 1 aliphatic rings. The van der Waals surface area contributed by atoms with Crippen molar-refractivity contribution in [3.8, 4) is 0 Å². The van der Waals surface area contributed by atoms with Gasteiger partial charge in [0.05, 0.1) is 25.3 Å². The lowest BCUT2D eigenvalue weighted by atomic mass is 9.81. The number of amides is 1. The van der Waals surface area contributed by atoms with Crippen LogP contribution in [0.25, 0.3) is 0 Å². The van der Waals surface area contributed by atoms with Gasteiger partial charge in [-0.1, -0.05) is 44.2 Å². The van der Waals surface area contributed by atoms with Crippen molar-refractivity contribution in [1.82, 2.24) is 4.90 Å². The minimum Gasteiger partial charge on any atom is -0.377 e. The monoisotopic (exact) mass is 275 g/mol. The van der Waals surface area contributed by atoms with Gasteiger partial charge in [-0.05, 0) is 24.8 Å². The summed E-state index contributed by atoms with van der Waals surface area (Å²) >= 11 is 0. The molecule has 0 radical (unpaired) electrons. The van der Waals surface area contributed by atoms with E-state index in [1.54, 1.807) is 0 Å². The minimum absolute atomic E-state index is 0.143. The van der Waals surface area contributed by atoms with Crippen molar-refractivity contribution in [2.45, 2.75) is 51.6 Å². The van der Waals surface area contributed by atoms with E-state index in [0.29, 0.717) is 19.6 Å². The van der Waals surface area contributed by atoms with Crippen LogP contribution in [0.3, 0.4) is 0 Å². The Morgan fingerprint density at radius 1 is 1.20 bits per heavy atom. The predicted molar refractivity (Wildman–Crippen MR) is 80.7 cm³/mol. The fourth-order valence-corrected chi connectivity index (χ4v) is 2.96. The molecule has 1 heterocycles. The van der Waals surface area contributed by atoms with E-state index in [4.69, 9.17) is 4.74 Å². The van der Waals surface area contributed by atoms with Crippen LogP contribution in [0.5, 0.6) is 0 Å². The molecule has 1 saturated heterocycles. The topological polar surface area (TPSA) is 29.5 Å². The third-order valence-electron chi connectivity index (χ3n) is 4.10. The molecule has 2 atom stereocenters. The van der Waals surface area contributed by atoms with Crippen LogP contribution >= 0.6 is 0 Å². The number of nitrogens with zero attached hydrogens (tertiary/aromatic N) is 1. The highest BCUT2D eigenvalue weighted by atomic mass is 16.5. The molecule has 0 spiro atoms. The summed E-state index contributed by atoms with van der Waals surface area (Å²) in [5, 5.41) is 0. The van der Waals surface area contributed by atoms with E-state index >= 15 is 0 Å². The Balaban J connectivity index is 2.10. The van der Waals surface area contributed by atoms with Gasteiger partial charge in [0.15, 0.2) is 0 Å². The number of carbonyl (C=O) groups excluding carboxylic acids is 1. The van der Waals surface area contributed by atoms with E-state index in [2.05, 4.69) is 39.8 Å². The average molecular weight is 275 g/mol. The Kier molecular flexibility index (Phi) is 4.48. The van der Waals surface area contributed by atoms with Crippen LogP contribution in [0.1, 0.15) is 39.7 Å². The van der Waals surface area contributed by atoms with E-state index in [0.717, 1.165) is 0 Å². The average Bonchev–Trinajstić information content (AvgIpc) is 2.39. The predicted octanol–water partition coefficient (Wildman–Crippen LogP) is 2.99. The van der Waals surface area contributed by atoms with Crippen molar-refractivity contribution in [2.24, 2.45) is 0 Å². The second-order valence-corrected chi connectivity index (χ2v) is 6.46. The standard InChI is InChI=1S/C17H25NO2/c1-13-11-20-12-14(2)18(13)16(19)10-17(3,4)15-8-6-5-7-9-15/h5-9,13-14H,10-12H2,1-4H3. The molecule has 0 aromatic heterocycles. The van der Waals surface area contributed by atoms with Crippen LogP contribution < -0.4 is 0 Å². The van der Waals surface area contributed by atoms with E-state index in [-0.39, 0.29) is 23.4 Å². The maximum absolute atomic E-state index is 12.7. The van der Waals surface area contributed by atoms with Gasteiger partial charge in [-0.15, -0.1) is 0 Å². The molecule has 3 nitrogen and oxygen atoms in total. The van der Waals surface area contributed by atoms with Gasteiger partial charge < -0.3 is 9.64 Å². The number of rotatable bonds is 3. The third-order valence-corrected chi connectivity index (χ3v) is 4.10. The third kappa shape index (κ3) is 3.21. The van der Waals surface area contributed by atoms with E-state index < -0.39 is 0 Å². The van der Waals surface area contributed by atoms with Crippen LogP contribution in [-0.2, 0) is 14.9 Å². The van der Waals surface area contributed by atoms with Crippen molar-refractivity contribution in [3.05, 3.63) is 35.9 Å². The van der Waals surface area contributed by atoms with Crippen molar-refractivity contribution < 1.29 is 9.53 Å². The molecule has 0 aliphatic carbocycles. The first-order valence-corrected chi connectivity index (χ1v) is 7.36. The molecule has 2 rings (SSSR count). The summed E-state index contributed by atoms with van der Waals surface area (Å²) in [5.41, 5.74) is 1.07. The maximum Gasteiger partial charge on any atom is 0.224 e. The smallest absolute Gasteiger partial charge is 0.224 e. The van der Waals surface area contributed by atoms with Gasteiger partial charge in [0, 0.05) is 6.42 Å². The van der Waals surface area contributed by atoms with Gasteiger partial charge in [0.2, 0.25) is 5.91 Å². The number of ether oxygens (including phenoxy) is 1. The van der Waals surface area contributed by atoms with Crippen LogP contribution in [0.2, 0.25) is 0 Å². The number of benzene rings is 1. The van der Waals surface area contributed by atoms with Crippen molar-refractivity contribution in [1.29, 1.82) is 0 Å². The molecule has 3 heteroatoms. The first kappa shape index (κ1) is 15.0. The highest BCUT2D eigenvalue weighted by Gasteiger charge is 2.33. The zero-order valence-electron chi connectivity index (χ0n) is 12.9. The Morgan fingerprint density at radius 2 is 1.75 bits per heavy atom. The molecule has 1 aliphatic heterocycles. The first-order chi connectivity index (χ1) is 9.42. The summed E-state index contributed by atoms with van der Waals surface area (Å²) < 4.78 is 5.50. The number of morpholine rings is 1. The van der Waals surface area contributed by atoms with Crippen LogP contribution in [0.4, 0.5) is 0 Å². The lowest BCUT2D eigenvalue weighted by Gasteiger charge is -2.40. The van der Waals surface area contributed by atoms with Gasteiger partial charge in [0.25, 0.3) is 0 Å². The van der Waals surface area contributed by atoms with Gasteiger partial charge in [-0.25, -0.2) is 0 Å². The van der Waals surface area contributed by atoms with Gasteiger partial charge >= 0.3 is 0 Å². The van der Waals surface area contributed by atoms with Gasteiger partial charge in [-0.3, -0.25) is 4.79 Å². The zero-order chi connectivity index (χ0) is 14.8. The molecule has 0 N–H and O–H groups in total.